The number of aromatic nitrogens is 2. The Morgan fingerprint density at radius 2 is 2.08 bits per heavy atom. The van der Waals surface area contributed by atoms with Crippen LogP contribution in [0.3, 0.4) is 0 Å². The average molecular weight is 347 g/mol. The zero-order chi connectivity index (χ0) is 17.3. The summed E-state index contributed by atoms with van der Waals surface area (Å²) in [5, 5.41) is 7.84. The van der Waals surface area contributed by atoms with E-state index >= 15 is 0 Å². The van der Waals surface area contributed by atoms with Gasteiger partial charge in [-0.15, -0.1) is 0 Å². The molecule has 1 atom stereocenters. The molecule has 24 heavy (non-hydrogen) atoms. The molecule has 2 aromatic rings. The Morgan fingerprint density at radius 3 is 2.75 bits per heavy atom. The highest BCUT2D eigenvalue weighted by Gasteiger charge is 2.34. The van der Waals surface area contributed by atoms with Gasteiger partial charge in [0.25, 0.3) is 0 Å². The molecular formula is C17H19ClN4O2. The summed E-state index contributed by atoms with van der Waals surface area (Å²) in [5.41, 5.74) is 1.48. The Hall–Kier alpha value is -2.34. The third-order valence-corrected chi connectivity index (χ3v) is 4.30. The molecule has 6 nitrogen and oxygen atoms in total. The van der Waals surface area contributed by atoms with Gasteiger partial charge >= 0.3 is 0 Å². The molecule has 0 aliphatic carbocycles. The predicted molar refractivity (Wildman–Crippen MR) is 93.2 cm³/mol. The Kier molecular flexibility index (Phi) is 4.57. The first-order valence-electron chi connectivity index (χ1n) is 7.92. The molecule has 1 N–H and O–H groups in total. The van der Waals surface area contributed by atoms with Crippen LogP contribution in [-0.2, 0) is 16.1 Å². The first-order chi connectivity index (χ1) is 11.5. The van der Waals surface area contributed by atoms with E-state index in [2.05, 4.69) is 10.4 Å². The summed E-state index contributed by atoms with van der Waals surface area (Å²) in [4.78, 5) is 26.7. The van der Waals surface area contributed by atoms with Gasteiger partial charge in [0, 0.05) is 23.2 Å². The van der Waals surface area contributed by atoms with Crippen LogP contribution in [0.4, 0.5) is 11.5 Å². The van der Waals surface area contributed by atoms with Gasteiger partial charge in [-0.2, -0.15) is 5.10 Å². The quantitative estimate of drug-likeness (QED) is 0.925. The largest absolute Gasteiger partial charge is 0.324 e. The van der Waals surface area contributed by atoms with Crippen molar-refractivity contribution in [1.29, 1.82) is 0 Å². The summed E-state index contributed by atoms with van der Waals surface area (Å²) in [6.07, 6.45) is 0.855. The number of hydrogen-bond acceptors (Lipinski definition) is 3. The number of amides is 2. The summed E-state index contributed by atoms with van der Waals surface area (Å²) in [7, 11) is 0. The number of hydrogen-bond donors (Lipinski definition) is 1. The van der Waals surface area contributed by atoms with Crippen LogP contribution in [0, 0.1) is 6.92 Å². The number of fused-ring (bicyclic) bond motifs is 1. The topological polar surface area (TPSA) is 67.2 Å². The van der Waals surface area contributed by atoms with Crippen molar-refractivity contribution in [1.82, 2.24) is 9.78 Å². The van der Waals surface area contributed by atoms with Crippen molar-refractivity contribution in [3.8, 4) is 0 Å². The molecule has 0 saturated carbocycles. The molecule has 7 heteroatoms. The minimum atomic E-state index is -0.580. The van der Waals surface area contributed by atoms with Gasteiger partial charge in [-0.05, 0) is 37.6 Å². The Balaban J connectivity index is 1.86. The smallest absolute Gasteiger partial charge is 0.247 e. The van der Waals surface area contributed by atoms with Crippen molar-refractivity contribution in [2.24, 2.45) is 0 Å². The number of rotatable bonds is 4. The molecular weight excluding hydrogens is 328 g/mol. The molecule has 1 unspecified atom stereocenters. The van der Waals surface area contributed by atoms with Crippen molar-refractivity contribution < 1.29 is 9.59 Å². The maximum Gasteiger partial charge on any atom is 0.247 e. The Bertz CT molecular complexity index is 769. The van der Waals surface area contributed by atoms with Gasteiger partial charge in [-0.3, -0.25) is 14.5 Å². The molecule has 1 aliphatic rings. The second-order valence-electron chi connectivity index (χ2n) is 5.80. The van der Waals surface area contributed by atoms with E-state index < -0.39 is 6.04 Å². The van der Waals surface area contributed by atoms with Gasteiger partial charge < -0.3 is 5.32 Å². The number of halogens is 1. The van der Waals surface area contributed by atoms with Crippen LogP contribution in [0.2, 0.25) is 5.02 Å². The van der Waals surface area contributed by atoms with Crippen LogP contribution in [-0.4, -0.2) is 27.6 Å². The maximum absolute atomic E-state index is 12.7. The van der Waals surface area contributed by atoms with E-state index in [9.17, 15) is 9.59 Å². The van der Waals surface area contributed by atoms with E-state index in [0.29, 0.717) is 35.9 Å². The lowest BCUT2D eigenvalue weighted by atomic mass is 10.1. The molecule has 2 heterocycles. The number of benzene rings is 1. The summed E-state index contributed by atoms with van der Waals surface area (Å²) < 4.78 is 1.79. The van der Waals surface area contributed by atoms with E-state index in [0.717, 1.165) is 5.69 Å². The van der Waals surface area contributed by atoms with Crippen molar-refractivity contribution in [3.05, 3.63) is 41.0 Å². The molecule has 1 aromatic heterocycles. The summed E-state index contributed by atoms with van der Waals surface area (Å²) in [6, 6.07) is 8.16. The van der Waals surface area contributed by atoms with Crippen molar-refractivity contribution >= 4 is 34.9 Å². The lowest BCUT2D eigenvalue weighted by Gasteiger charge is -2.33. The van der Waals surface area contributed by atoms with E-state index in [-0.39, 0.29) is 11.8 Å². The number of carbonyl (C=O) groups excluding carboxylic acids is 2. The van der Waals surface area contributed by atoms with Gasteiger partial charge in [0.1, 0.15) is 11.9 Å². The standard InChI is InChI=1S/C17H19ClN4O2/c1-3-14(17(24)19-13-6-4-12(18)5-7-13)22-15-10-11(2)20-21(15)9-8-16(22)23/h4-7,10,14H,3,8-9H2,1-2H3,(H,19,24). The lowest BCUT2D eigenvalue weighted by molar-refractivity contribution is -0.124. The molecule has 0 spiro atoms. The van der Waals surface area contributed by atoms with Gasteiger partial charge in [-0.25, -0.2) is 4.68 Å². The Morgan fingerprint density at radius 1 is 1.38 bits per heavy atom. The molecule has 0 radical (unpaired) electrons. The minimum absolute atomic E-state index is 0.0551. The van der Waals surface area contributed by atoms with Gasteiger partial charge in [0.15, 0.2) is 0 Å². The number of nitrogens with one attached hydrogen (secondary N) is 1. The van der Waals surface area contributed by atoms with Crippen LogP contribution in [0.1, 0.15) is 25.5 Å². The maximum atomic E-state index is 12.7. The fourth-order valence-corrected chi connectivity index (χ4v) is 3.04. The number of anilines is 2. The van der Waals surface area contributed by atoms with Crippen molar-refractivity contribution in [2.45, 2.75) is 39.3 Å². The van der Waals surface area contributed by atoms with Crippen LogP contribution in [0.25, 0.3) is 0 Å². The van der Waals surface area contributed by atoms with Crippen LogP contribution in [0.5, 0.6) is 0 Å². The number of aryl methyl sites for hydroxylation is 2. The van der Waals surface area contributed by atoms with E-state index in [4.69, 9.17) is 11.6 Å². The average Bonchev–Trinajstić information content (AvgIpc) is 2.93. The molecule has 0 saturated heterocycles. The molecule has 1 aliphatic heterocycles. The molecule has 2 amide bonds. The summed E-state index contributed by atoms with van der Waals surface area (Å²) >= 11 is 5.86. The fraction of sp³-hybridized carbons (Fsp3) is 0.353. The summed E-state index contributed by atoms with van der Waals surface area (Å²) in [6.45, 7) is 4.32. The van der Waals surface area contributed by atoms with Crippen LogP contribution in [0.15, 0.2) is 30.3 Å². The summed E-state index contributed by atoms with van der Waals surface area (Å²) in [5.74, 6) is 0.405. The zero-order valence-electron chi connectivity index (χ0n) is 13.6. The number of nitrogens with zero attached hydrogens (tertiary/aromatic N) is 3. The Labute approximate surface area is 145 Å². The SMILES string of the molecule is CCC(C(=O)Nc1ccc(Cl)cc1)N1C(=O)CCn2nc(C)cc21. The molecule has 126 valence electrons. The highest BCUT2D eigenvalue weighted by Crippen LogP contribution is 2.26. The van der Waals surface area contributed by atoms with Crippen molar-refractivity contribution in [2.75, 3.05) is 10.2 Å². The van der Waals surface area contributed by atoms with Crippen LogP contribution < -0.4 is 10.2 Å². The fourth-order valence-electron chi connectivity index (χ4n) is 2.92. The second-order valence-corrected chi connectivity index (χ2v) is 6.24. The second kappa shape index (κ2) is 6.65. The number of carbonyl (C=O) groups is 2. The third kappa shape index (κ3) is 3.14. The first kappa shape index (κ1) is 16.5. The van der Waals surface area contributed by atoms with E-state index in [1.54, 1.807) is 33.8 Å². The first-order valence-corrected chi connectivity index (χ1v) is 8.30. The zero-order valence-corrected chi connectivity index (χ0v) is 14.4. The van der Waals surface area contributed by atoms with Gasteiger partial charge in [0.05, 0.1) is 12.2 Å². The van der Waals surface area contributed by atoms with E-state index in [1.165, 1.54) is 0 Å². The van der Waals surface area contributed by atoms with Gasteiger partial charge in [0.2, 0.25) is 11.8 Å². The minimum Gasteiger partial charge on any atom is -0.324 e. The highest BCUT2D eigenvalue weighted by molar-refractivity contribution is 6.30. The molecule has 3 rings (SSSR count). The highest BCUT2D eigenvalue weighted by atomic mass is 35.5. The molecule has 0 fully saturated rings. The lowest BCUT2D eigenvalue weighted by Crippen LogP contribution is -2.50. The normalized spacial score (nSPS) is 15.1. The third-order valence-electron chi connectivity index (χ3n) is 4.05. The monoisotopic (exact) mass is 346 g/mol. The van der Waals surface area contributed by atoms with Gasteiger partial charge in [-0.1, -0.05) is 18.5 Å². The van der Waals surface area contributed by atoms with Crippen LogP contribution >= 0.6 is 11.6 Å². The van der Waals surface area contributed by atoms with E-state index in [1.807, 2.05) is 19.9 Å². The molecule has 1 aromatic carbocycles. The molecule has 0 bridgehead atoms. The van der Waals surface area contributed by atoms with Crippen molar-refractivity contribution in [3.63, 3.8) is 0 Å². The predicted octanol–water partition coefficient (Wildman–Crippen LogP) is 3.00.